The highest BCUT2D eigenvalue weighted by Crippen LogP contribution is 2.01. The average molecular weight is 317 g/mol. The molecule has 0 spiro atoms. The van der Waals surface area contributed by atoms with Crippen LogP contribution in [0.15, 0.2) is 0 Å². The van der Waals surface area contributed by atoms with E-state index in [4.69, 9.17) is 0 Å². The van der Waals surface area contributed by atoms with E-state index in [1.807, 2.05) is 11.8 Å². The van der Waals surface area contributed by atoms with Gasteiger partial charge >= 0.3 is 0 Å². The highest BCUT2D eigenvalue weighted by molar-refractivity contribution is 7.98. The molecule has 0 aliphatic carbocycles. The molecule has 1 aliphatic rings. The summed E-state index contributed by atoms with van der Waals surface area (Å²) in [6, 6.07) is 0. The molecule has 5 heteroatoms. The number of thioether (sulfide) groups is 1. The Morgan fingerprint density at radius 2 is 1.14 bits per heavy atom. The minimum Gasteiger partial charge on any atom is -0.305 e. The van der Waals surface area contributed by atoms with Crippen LogP contribution in [0.2, 0.25) is 0 Å². The lowest BCUT2D eigenvalue weighted by atomic mass is 10.3. The molecule has 0 unspecified atom stereocenters. The van der Waals surface area contributed by atoms with Crippen LogP contribution in [0, 0.1) is 0 Å². The first-order chi connectivity index (χ1) is 10.1. The average Bonchev–Trinajstić information content (AvgIpc) is 2.46. The monoisotopic (exact) mass is 316 g/mol. The van der Waals surface area contributed by atoms with Gasteiger partial charge < -0.3 is 19.6 Å². The zero-order valence-corrected chi connectivity index (χ0v) is 15.5. The summed E-state index contributed by atoms with van der Waals surface area (Å²) in [7, 11) is 6.79. The van der Waals surface area contributed by atoms with E-state index in [0.29, 0.717) is 0 Å². The summed E-state index contributed by atoms with van der Waals surface area (Å²) in [6.45, 7) is 10.9. The molecule has 0 amide bonds. The largest absolute Gasteiger partial charge is 0.305 e. The maximum Gasteiger partial charge on any atom is 0.0110 e. The van der Waals surface area contributed by atoms with Gasteiger partial charge in [0.1, 0.15) is 0 Å². The molecule has 1 aliphatic heterocycles. The minimum absolute atomic E-state index is 1.19. The van der Waals surface area contributed by atoms with E-state index in [2.05, 4.69) is 47.0 Å². The van der Waals surface area contributed by atoms with Crippen molar-refractivity contribution in [2.24, 2.45) is 0 Å². The fourth-order valence-corrected chi connectivity index (χ4v) is 3.16. The van der Waals surface area contributed by atoms with E-state index in [0.717, 1.165) is 0 Å². The summed E-state index contributed by atoms with van der Waals surface area (Å²) >= 11 is 1.96. The molecule has 0 N–H and O–H groups in total. The summed E-state index contributed by atoms with van der Waals surface area (Å²) in [5, 5.41) is 0. The van der Waals surface area contributed by atoms with E-state index < -0.39 is 0 Å². The maximum atomic E-state index is 2.65. The van der Waals surface area contributed by atoms with Gasteiger partial charge in [-0.15, -0.1) is 0 Å². The van der Waals surface area contributed by atoms with Crippen molar-refractivity contribution < 1.29 is 0 Å². The van der Waals surface area contributed by atoms with Gasteiger partial charge in [-0.25, -0.2) is 0 Å². The molecule has 0 bridgehead atoms. The van der Waals surface area contributed by atoms with E-state index in [9.17, 15) is 0 Å². The summed E-state index contributed by atoms with van der Waals surface area (Å²) in [5.74, 6) is 1.25. The second-order valence-electron chi connectivity index (χ2n) is 6.45. The predicted octanol–water partition coefficient (Wildman–Crippen LogP) is 1.24. The zero-order chi connectivity index (χ0) is 15.5. The summed E-state index contributed by atoms with van der Waals surface area (Å²) in [4.78, 5) is 10.1. The molecule has 4 nitrogen and oxygen atoms in total. The molecule has 1 rings (SSSR count). The lowest BCUT2D eigenvalue weighted by Crippen LogP contribution is -2.39. The summed E-state index contributed by atoms with van der Waals surface area (Å²) in [5.41, 5.74) is 0. The molecule has 0 saturated carbocycles. The fraction of sp³-hybridized carbons (Fsp3) is 1.00. The quantitative estimate of drug-likeness (QED) is 0.775. The van der Waals surface area contributed by atoms with Crippen molar-refractivity contribution in [2.75, 3.05) is 92.1 Å². The Hall–Kier alpha value is 0.190. The molecular formula is C16H36N4S. The lowest BCUT2D eigenvalue weighted by Gasteiger charge is -2.28. The van der Waals surface area contributed by atoms with Crippen LogP contribution in [0.1, 0.15) is 12.8 Å². The second kappa shape index (κ2) is 11.7. The topological polar surface area (TPSA) is 13.0 Å². The third kappa shape index (κ3) is 9.74. The van der Waals surface area contributed by atoms with Crippen LogP contribution in [0.4, 0.5) is 0 Å². The van der Waals surface area contributed by atoms with E-state index in [1.165, 1.54) is 77.5 Å². The molecular weight excluding hydrogens is 280 g/mol. The van der Waals surface area contributed by atoms with E-state index in [-0.39, 0.29) is 0 Å². The second-order valence-corrected chi connectivity index (χ2v) is 7.44. The van der Waals surface area contributed by atoms with Gasteiger partial charge in [-0.1, -0.05) is 0 Å². The number of rotatable bonds is 3. The molecule has 0 radical (unpaired) electrons. The Morgan fingerprint density at radius 1 is 0.667 bits per heavy atom. The Balaban J connectivity index is 2.44. The Labute approximate surface area is 136 Å². The third-order valence-corrected chi connectivity index (χ3v) is 4.96. The maximum absolute atomic E-state index is 2.65. The van der Waals surface area contributed by atoms with Gasteiger partial charge in [0.25, 0.3) is 0 Å². The normalized spacial score (nSPS) is 24.0. The van der Waals surface area contributed by atoms with Crippen LogP contribution in [0.3, 0.4) is 0 Å². The van der Waals surface area contributed by atoms with Crippen LogP contribution in [0.25, 0.3) is 0 Å². The smallest absolute Gasteiger partial charge is 0.0110 e. The number of likely N-dealkylation sites (N-methyl/N-ethyl adjacent to an activating group) is 3. The first-order valence-corrected chi connectivity index (χ1v) is 9.78. The van der Waals surface area contributed by atoms with Crippen LogP contribution >= 0.6 is 11.8 Å². The van der Waals surface area contributed by atoms with Crippen molar-refractivity contribution in [3.05, 3.63) is 0 Å². The van der Waals surface area contributed by atoms with E-state index >= 15 is 0 Å². The number of nitrogens with zero attached hydrogens (tertiary/aromatic N) is 4. The standard InChI is InChI=1S/C16H36N4S/c1-17-7-5-8-19(3)13-14-20(15-16-21-4)10-6-9-18(2)12-11-17/h5-16H2,1-4H3. The molecule has 1 heterocycles. The molecule has 0 aromatic heterocycles. The summed E-state index contributed by atoms with van der Waals surface area (Å²) < 4.78 is 0. The lowest BCUT2D eigenvalue weighted by molar-refractivity contribution is 0.195. The van der Waals surface area contributed by atoms with Crippen LogP contribution in [0.5, 0.6) is 0 Å². The van der Waals surface area contributed by atoms with Crippen molar-refractivity contribution in [1.29, 1.82) is 0 Å². The van der Waals surface area contributed by atoms with Crippen LogP contribution < -0.4 is 0 Å². The third-order valence-electron chi connectivity index (χ3n) is 4.37. The van der Waals surface area contributed by atoms with E-state index in [1.54, 1.807) is 0 Å². The van der Waals surface area contributed by atoms with Crippen LogP contribution in [-0.2, 0) is 0 Å². The highest BCUT2D eigenvalue weighted by atomic mass is 32.2. The van der Waals surface area contributed by atoms with Gasteiger partial charge in [-0.3, -0.25) is 0 Å². The molecule has 1 saturated heterocycles. The number of hydrogen-bond donors (Lipinski definition) is 0. The minimum atomic E-state index is 1.19. The predicted molar refractivity (Wildman–Crippen MR) is 96.5 cm³/mol. The molecule has 1 fully saturated rings. The van der Waals surface area contributed by atoms with Crippen molar-refractivity contribution in [1.82, 2.24) is 19.6 Å². The first kappa shape index (κ1) is 19.2. The van der Waals surface area contributed by atoms with Gasteiger partial charge in [0, 0.05) is 38.5 Å². The highest BCUT2D eigenvalue weighted by Gasteiger charge is 2.09. The molecule has 0 aromatic rings. The van der Waals surface area contributed by atoms with Gasteiger partial charge in [0.15, 0.2) is 0 Å². The SMILES string of the molecule is CSCCN1CCCN(C)CCN(C)CCCN(C)CC1. The first-order valence-electron chi connectivity index (χ1n) is 8.38. The Kier molecular flexibility index (Phi) is 10.7. The van der Waals surface area contributed by atoms with Gasteiger partial charge in [-0.2, -0.15) is 11.8 Å². The molecule has 0 aromatic carbocycles. The van der Waals surface area contributed by atoms with Crippen LogP contribution in [-0.4, -0.2) is 112 Å². The van der Waals surface area contributed by atoms with Crippen molar-refractivity contribution in [3.8, 4) is 0 Å². The molecule has 126 valence electrons. The van der Waals surface area contributed by atoms with Crippen molar-refractivity contribution in [2.45, 2.75) is 12.8 Å². The Morgan fingerprint density at radius 3 is 1.67 bits per heavy atom. The van der Waals surface area contributed by atoms with Crippen molar-refractivity contribution in [3.63, 3.8) is 0 Å². The summed E-state index contributed by atoms with van der Waals surface area (Å²) in [6.07, 6.45) is 4.78. The molecule has 21 heavy (non-hydrogen) atoms. The van der Waals surface area contributed by atoms with Gasteiger partial charge in [0.2, 0.25) is 0 Å². The van der Waals surface area contributed by atoms with Gasteiger partial charge in [-0.05, 0) is 66.4 Å². The van der Waals surface area contributed by atoms with Crippen molar-refractivity contribution >= 4 is 11.8 Å². The molecule has 0 atom stereocenters. The number of hydrogen-bond acceptors (Lipinski definition) is 5. The van der Waals surface area contributed by atoms with Gasteiger partial charge in [0.05, 0.1) is 0 Å². The fourth-order valence-electron chi connectivity index (χ4n) is 2.72. The Bertz CT molecular complexity index is 252. The zero-order valence-electron chi connectivity index (χ0n) is 14.7.